The van der Waals surface area contributed by atoms with Crippen molar-refractivity contribution in [2.24, 2.45) is 0 Å². The molecule has 1 N–H and O–H groups in total. The van der Waals surface area contributed by atoms with E-state index in [9.17, 15) is 9.59 Å². The van der Waals surface area contributed by atoms with Crippen LogP contribution < -0.4 is 10.9 Å². The van der Waals surface area contributed by atoms with Crippen LogP contribution in [-0.2, 0) is 17.6 Å². The second kappa shape index (κ2) is 7.35. The Morgan fingerprint density at radius 3 is 2.59 bits per heavy atom. The van der Waals surface area contributed by atoms with Crippen LogP contribution in [0.4, 0.5) is 5.69 Å². The molecule has 27 heavy (non-hydrogen) atoms. The Kier molecular flexibility index (Phi) is 4.75. The molecule has 4 rings (SSSR count). The van der Waals surface area contributed by atoms with Gasteiger partial charge in [-0.15, -0.1) is 0 Å². The molecule has 0 aliphatic heterocycles. The van der Waals surface area contributed by atoms with Gasteiger partial charge in [-0.2, -0.15) is 0 Å². The van der Waals surface area contributed by atoms with Crippen LogP contribution in [0.15, 0.2) is 53.3 Å². The van der Waals surface area contributed by atoms with Gasteiger partial charge in [0.2, 0.25) is 5.91 Å². The van der Waals surface area contributed by atoms with E-state index >= 15 is 0 Å². The van der Waals surface area contributed by atoms with Crippen LogP contribution in [0.25, 0.3) is 10.9 Å². The molecule has 0 bridgehead atoms. The Labute approximate surface area is 158 Å². The molecule has 1 saturated carbocycles. The molecule has 1 aromatic heterocycles. The van der Waals surface area contributed by atoms with E-state index in [0.717, 1.165) is 24.9 Å². The molecule has 1 aliphatic rings. The molecule has 1 fully saturated rings. The van der Waals surface area contributed by atoms with Crippen molar-refractivity contribution >= 4 is 22.5 Å². The third-order valence-electron chi connectivity index (χ3n) is 5.01. The number of aromatic nitrogens is 2. The van der Waals surface area contributed by atoms with Crippen molar-refractivity contribution in [1.82, 2.24) is 9.55 Å². The maximum atomic E-state index is 12.8. The second-order valence-corrected chi connectivity index (χ2v) is 7.05. The highest BCUT2D eigenvalue weighted by Crippen LogP contribution is 2.34. The molecule has 3 aromatic rings. The van der Waals surface area contributed by atoms with Crippen molar-refractivity contribution in [2.45, 2.75) is 45.1 Å². The van der Waals surface area contributed by atoms with Crippen LogP contribution in [0.1, 0.15) is 43.6 Å². The Morgan fingerprint density at radius 1 is 1.15 bits per heavy atom. The zero-order valence-corrected chi connectivity index (χ0v) is 15.4. The Hall–Kier alpha value is -2.95. The highest BCUT2D eigenvalue weighted by Gasteiger charge is 2.28. The van der Waals surface area contributed by atoms with Crippen LogP contribution >= 0.6 is 0 Å². The predicted molar refractivity (Wildman–Crippen MR) is 107 cm³/mol. The van der Waals surface area contributed by atoms with Gasteiger partial charge in [-0.25, -0.2) is 4.98 Å². The van der Waals surface area contributed by atoms with Crippen molar-refractivity contribution in [3.05, 3.63) is 70.3 Å². The van der Waals surface area contributed by atoms with Gasteiger partial charge in [0.25, 0.3) is 5.56 Å². The average Bonchev–Trinajstić information content (AvgIpc) is 3.52. The lowest BCUT2D eigenvalue weighted by Gasteiger charge is -2.13. The quantitative estimate of drug-likeness (QED) is 0.725. The van der Waals surface area contributed by atoms with Gasteiger partial charge in [-0.1, -0.05) is 31.2 Å². The van der Waals surface area contributed by atoms with Crippen molar-refractivity contribution in [2.75, 3.05) is 5.32 Å². The molecular formula is C22H23N3O2. The number of hydrogen-bond donors (Lipinski definition) is 1. The van der Waals surface area contributed by atoms with Gasteiger partial charge in [-0.05, 0) is 49.1 Å². The number of rotatable bonds is 6. The predicted octanol–water partition coefficient (Wildman–Crippen LogP) is 3.87. The minimum Gasteiger partial charge on any atom is -0.326 e. The molecule has 0 atom stereocenters. The summed E-state index contributed by atoms with van der Waals surface area (Å²) >= 11 is 0. The molecule has 0 saturated heterocycles. The molecule has 2 aromatic carbocycles. The largest absolute Gasteiger partial charge is 0.326 e. The SMILES string of the molecule is CCc1ccc(NC(=O)CCc2nc3ccccc3c(=O)n2C2CC2)cc1. The van der Waals surface area contributed by atoms with Gasteiger partial charge in [0.1, 0.15) is 5.82 Å². The first kappa shape index (κ1) is 17.5. The number of para-hydroxylation sites is 1. The summed E-state index contributed by atoms with van der Waals surface area (Å²) < 4.78 is 1.80. The maximum absolute atomic E-state index is 12.8. The lowest BCUT2D eigenvalue weighted by molar-refractivity contribution is -0.116. The Balaban J connectivity index is 1.51. The van der Waals surface area contributed by atoms with E-state index in [2.05, 4.69) is 17.2 Å². The van der Waals surface area contributed by atoms with Crippen LogP contribution in [0.5, 0.6) is 0 Å². The van der Waals surface area contributed by atoms with Crippen LogP contribution in [-0.4, -0.2) is 15.5 Å². The number of hydrogen-bond acceptors (Lipinski definition) is 3. The number of amides is 1. The maximum Gasteiger partial charge on any atom is 0.261 e. The number of fused-ring (bicyclic) bond motifs is 1. The molecule has 1 amide bonds. The molecule has 1 aliphatic carbocycles. The summed E-state index contributed by atoms with van der Waals surface area (Å²) in [7, 11) is 0. The number of aryl methyl sites for hydroxylation is 2. The van der Waals surface area contributed by atoms with Crippen molar-refractivity contribution in [3.8, 4) is 0 Å². The molecule has 5 heteroatoms. The summed E-state index contributed by atoms with van der Waals surface area (Å²) in [6, 6.07) is 15.5. The first-order valence-electron chi connectivity index (χ1n) is 9.54. The van der Waals surface area contributed by atoms with Crippen molar-refractivity contribution in [1.29, 1.82) is 0 Å². The second-order valence-electron chi connectivity index (χ2n) is 7.05. The van der Waals surface area contributed by atoms with Crippen molar-refractivity contribution < 1.29 is 4.79 Å². The normalized spacial score (nSPS) is 13.7. The van der Waals surface area contributed by atoms with Gasteiger partial charge in [0.05, 0.1) is 10.9 Å². The summed E-state index contributed by atoms with van der Waals surface area (Å²) in [6.45, 7) is 2.10. The molecular weight excluding hydrogens is 338 g/mol. The molecule has 0 spiro atoms. The first-order chi connectivity index (χ1) is 13.2. The summed E-state index contributed by atoms with van der Waals surface area (Å²) in [5, 5.41) is 3.57. The van der Waals surface area contributed by atoms with E-state index in [1.165, 1.54) is 5.56 Å². The van der Waals surface area contributed by atoms with Gasteiger partial charge in [0, 0.05) is 24.6 Å². The topological polar surface area (TPSA) is 64.0 Å². The molecule has 138 valence electrons. The first-order valence-corrected chi connectivity index (χ1v) is 9.54. The minimum atomic E-state index is -0.0657. The third kappa shape index (κ3) is 3.77. The highest BCUT2D eigenvalue weighted by molar-refractivity contribution is 5.90. The lowest BCUT2D eigenvalue weighted by atomic mass is 10.1. The van der Waals surface area contributed by atoms with Crippen LogP contribution in [0, 0.1) is 0 Å². The van der Waals surface area contributed by atoms with Gasteiger partial charge in [0.15, 0.2) is 0 Å². The Bertz CT molecular complexity index is 1030. The molecule has 0 unspecified atom stereocenters. The number of carbonyl (C=O) groups excluding carboxylic acids is 1. The van der Waals surface area contributed by atoms with E-state index in [4.69, 9.17) is 0 Å². The summed E-state index contributed by atoms with van der Waals surface area (Å²) in [4.78, 5) is 29.9. The minimum absolute atomic E-state index is 0.00802. The third-order valence-corrected chi connectivity index (χ3v) is 5.01. The number of nitrogens with one attached hydrogen (secondary N) is 1. The standard InChI is InChI=1S/C22H23N3O2/c1-2-15-7-9-16(10-8-15)23-21(26)14-13-20-24-19-6-4-3-5-18(19)22(27)25(20)17-11-12-17/h3-10,17H,2,11-14H2,1H3,(H,23,26). The van der Waals surface area contributed by atoms with E-state index in [1.807, 2.05) is 48.5 Å². The van der Waals surface area contributed by atoms with E-state index < -0.39 is 0 Å². The van der Waals surface area contributed by atoms with Gasteiger partial charge in [-0.3, -0.25) is 14.2 Å². The molecule has 0 radical (unpaired) electrons. The van der Waals surface area contributed by atoms with Crippen molar-refractivity contribution in [3.63, 3.8) is 0 Å². The fourth-order valence-electron chi connectivity index (χ4n) is 3.35. The molecule has 5 nitrogen and oxygen atoms in total. The number of benzene rings is 2. The number of anilines is 1. The highest BCUT2D eigenvalue weighted by atomic mass is 16.1. The number of carbonyl (C=O) groups is 1. The summed E-state index contributed by atoms with van der Waals surface area (Å²) in [6.07, 6.45) is 3.73. The van der Waals surface area contributed by atoms with E-state index in [-0.39, 0.29) is 17.5 Å². The molecule has 1 heterocycles. The smallest absolute Gasteiger partial charge is 0.261 e. The van der Waals surface area contributed by atoms with E-state index in [0.29, 0.717) is 29.6 Å². The lowest BCUT2D eigenvalue weighted by Crippen LogP contribution is -2.25. The fraction of sp³-hybridized carbons (Fsp3) is 0.318. The van der Waals surface area contributed by atoms with Gasteiger partial charge < -0.3 is 5.32 Å². The average molecular weight is 361 g/mol. The van der Waals surface area contributed by atoms with E-state index in [1.54, 1.807) is 4.57 Å². The Morgan fingerprint density at radius 2 is 1.89 bits per heavy atom. The zero-order chi connectivity index (χ0) is 18.8. The summed E-state index contributed by atoms with van der Waals surface area (Å²) in [5.74, 6) is 0.640. The van der Waals surface area contributed by atoms with Gasteiger partial charge >= 0.3 is 0 Å². The van der Waals surface area contributed by atoms with Crippen LogP contribution in [0.3, 0.4) is 0 Å². The zero-order valence-electron chi connectivity index (χ0n) is 15.4. The number of nitrogens with zero attached hydrogens (tertiary/aromatic N) is 2. The summed E-state index contributed by atoms with van der Waals surface area (Å²) in [5.41, 5.74) is 2.74. The fourth-order valence-corrected chi connectivity index (χ4v) is 3.35. The van der Waals surface area contributed by atoms with Crippen LogP contribution in [0.2, 0.25) is 0 Å². The monoisotopic (exact) mass is 361 g/mol.